The maximum Gasteiger partial charge on any atom is 0.303 e. The number of rotatable bonds is 14. The fraction of sp³-hybridized carbons (Fsp3) is 0.696. The summed E-state index contributed by atoms with van der Waals surface area (Å²) in [5.74, 6) is 1.45. The van der Waals surface area contributed by atoms with Crippen molar-refractivity contribution in [2.24, 2.45) is 11.8 Å². The van der Waals surface area contributed by atoms with Crippen LogP contribution < -0.4 is 30.1 Å². The van der Waals surface area contributed by atoms with Crippen LogP contribution in [0.4, 0.5) is 17.5 Å². The Morgan fingerprint density at radius 2 is 1.07 bits per heavy atom. The lowest BCUT2D eigenvalue weighted by Gasteiger charge is -2.35. The highest BCUT2D eigenvalue weighted by atomic mass is 16.5. The lowest BCUT2D eigenvalue weighted by Crippen LogP contribution is -2.39. The quantitative estimate of drug-likeness (QED) is 0.148. The molecule has 3 aliphatic heterocycles. The van der Waals surface area contributed by atoms with Crippen LogP contribution in [-0.2, 0) is 9.59 Å². The Hall–Kier alpha value is -4.62. The molecule has 5 aliphatic rings. The SMILES string of the molecule is CCCOc1nc(N2CCC[C@@H](CC(=O)O)C2)ccc1C(=O)NC1CCCCC1.O=C(O)C[C@@H]1CCCN(c2ccc(C(=O)NC3CCCCC3)c(N3CCCCC3)n2)C1. The minimum Gasteiger partial charge on any atom is -0.481 e. The number of carbonyl (C=O) groups excluding carboxylic acids is 2. The predicted octanol–water partition coefficient (Wildman–Crippen LogP) is 7.45. The van der Waals surface area contributed by atoms with Crippen molar-refractivity contribution < 1.29 is 34.1 Å². The zero-order valence-corrected chi connectivity index (χ0v) is 35.9. The Kier molecular flexibility index (Phi) is 17.1. The minimum atomic E-state index is -0.758. The van der Waals surface area contributed by atoms with Crippen molar-refractivity contribution in [3.63, 3.8) is 0 Å². The number of aliphatic carboxylic acids is 2. The second kappa shape index (κ2) is 22.8. The molecule has 2 aliphatic carbocycles. The highest BCUT2D eigenvalue weighted by molar-refractivity contribution is 5.99. The molecule has 4 N–H and O–H groups in total. The number of carboxylic acid groups (broad SMARTS) is 2. The number of piperidine rings is 3. The summed E-state index contributed by atoms with van der Waals surface area (Å²) in [5, 5.41) is 24.7. The molecule has 2 amide bonds. The van der Waals surface area contributed by atoms with E-state index in [9.17, 15) is 24.3 Å². The first kappa shape index (κ1) is 44.9. The Bertz CT molecular complexity index is 1720. The van der Waals surface area contributed by atoms with Crippen LogP contribution in [0.15, 0.2) is 24.3 Å². The summed E-state index contributed by atoms with van der Waals surface area (Å²) in [4.78, 5) is 64.5. The van der Waals surface area contributed by atoms with Crippen molar-refractivity contribution in [3.8, 4) is 5.88 Å². The number of pyridine rings is 2. The molecule has 0 spiro atoms. The number of carbonyl (C=O) groups is 4. The standard InChI is InChI=1S/C24H36N4O3.C22H33N3O4/c29-22(30)16-18-8-7-15-28(17-18)21-12-11-20(23(26-21)27-13-5-2-6-14-27)24(31)25-19-9-3-1-4-10-19;1-2-13-29-22-18(21(28)23-17-8-4-3-5-9-17)10-11-19(24-22)25-12-6-7-16(15-25)14-20(26)27/h11-12,18-19H,1-10,13-17H2,(H,25,31)(H,29,30);10-11,16-17H,2-9,12-15H2,1H3,(H,23,28)(H,26,27)/t18-;16-/m00/s1. The Morgan fingerprint density at radius 1 is 0.600 bits per heavy atom. The number of nitrogens with zero attached hydrogens (tertiary/aromatic N) is 5. The van der Waals surface area contributed by atoms with Crippen LogP contribution in [0.25, 0.3) is 0 Å². The molecule has 5 fully saturated rings. The molecule has 330 valence electrons. The molecule has 14 nitrogen and oxygen atoms in total. The smallest absolute Gasteiger partial charge is 0.303 e. The van der Waals surface area contributed by atoms with Crippen molar-refractivity contribution in [3.05, 3.63) is 35.4 Å². The van der Waals surface area contributed by atoms with Crippen molar-refractivity contribution in [1.29, 1.82) is 0 Å². The average Bonchev–Trinajstić information content (AvgIpc) is 3.26. The third-order valence-electron chi connectivity index (χ3n) is 12.8. The fourth-order valence-electron chi connectivity index (χ4n) is 9.62. The minimum absolute atomic E-state index is 0.00563. The van der Waals surface area contributed by atoms with Gasteiger partial charge in [0, 0.05) is 64.2 Å². The summed E-state index contributed by atoms with van der Waals surface area (Å²) < 4.78 is 5.83. The molecule has 7 rings (SSSR count). The van der Waals surface area contributed by atoms with Gasteiger partial charge in [-0.25, -0.2) is 4.98 Å². The van der Waals surface area contributed by atoms with E-state index in [1.807, 2.05) is 25.1 Å². The van der Waals surface area contributed by atoms with E-state index in [-0.39, 0.29) is 48.6 Å². The van der Waals surface area contributed by atoms with Crippen molar-refractivity contribution >= 4 is 41.2 Å². The first-order chi connectivity index (χ1) is 29.2. The Labute approximate surface area is 356 Å². The van der Waals surface area contributed by atoms with Gasteiger partial charge in [0.05, 0.1) is 12.2 Å². The van der Waals surface area contributed by atoms with Crippen molar-refractivity contribution in [2.45, 2.75) is 147 Å². The summed E-state index contributed by atoms with van der Waals surface area (Å²) in [7, 11) is 0. The summed E-state index contributed by atoms with van der Waals surface area (Å²) in [5.41, 5.74) is 1.15. The second-order valence-electron chi connectivity index (χ2n) is 17.7. The van der Waals surface area contributed by atoms with Gasteiger partial charge in [0.15, 0.2) is 0 Å². The van der Waals surface area contributed by atoms with E-state index >= 15 is 0 Å². The van der Waals surface area contributed by atoms with Gasteiger partial charge >= 0.3 is 11.9 Å². The maximum absolute atomic E-state index is 13.2. The molecule has 2 saturated carbocycles. The number of nitrogens with one attached hydrogen (secondary N) is 2. The predicted molar refractivity (Wildman–Crippen MR) is 233 cm³/mol. The molecule has 2 atom stereocenters. The highest BCUT2D eigenvalue weighted by Crippen LogP contribution is 2.31. The number of hydrogen-bond acceptors (Lipinski definition) is 10. The Morgan fingerprint density at radius 3 is 1.58 bits per heavy atom. The van der Waals surface area contributed by atoms with Crippen LogP contribution in [0, 0.1) is 11.8 Å². The normalized spacial score (nSPS) is 21.6. The van der Waals surface area contributed by atoms with Crippen LogP contribution in [0.1, 0.15) is 156 Å². The van der Waals surface area contributed by atoms with Crippen molar-refractivity contribution in [2.75, 3.05) is 60.6 Å². The lowest BCUT2D eigenvalue weighted by molar-refractivity contribution is -0.139. The number of carboxylic acids is 2. The summed E-state index contributed by atoms with van der Waals surface area (Å²) in [6.07, 6.45) is 19.9. The van der Waals surface area contributed by atoms with E-state index < -0.39 is 11.9 Å². The third kappa shape index (κ3) is 13.2. The van der Waals surface area contributed by atoms with Gasteiger partial charge in [-0.2, -0.15) is 4.98 Å². The lowest BCUT2D eigenvalue weighted by atomic mass is 9.94. The van der Waals surface area contributed by atoms with Gasteiger partial charge in [-0.15, -0.1) is 0 Å². The van der Waals surface area contributed by atoms with Crippen LogP contribution in [-0.4, -0.2) is 102 Å². The molecule has 0 bridgehead atoms. The first-order valence-corrected chi connectivity index (χ1v) is 23.1. The first-order valence-electron chi connectivity index (χ1n) is 23.1. The largest absolute Gasteiger partial charge is 0.481 e. The molecule has 14 heteroatoms. The third-order valence-corrected chi connectivity index (χ3v) is 12.8. The number of hydrogen-bond donors (Lipinski definition) is 4. The summed E-state index contributed by atoms with van der Waals surface area (Å²) in [6.45, 7) is 7.49. The molecular weight excluding hydrogens is 763 g/mol. The van der Waals surface area contributed by atoms with E-state index in [4.69, 9.17) is 14.8 Å². The van der Waals surface area contributed by atoms with Crippen LogP contribution in [0.3, 0.4) is 0 Å². The highest BCUT2D eigenvalue weighted by Gasteiger charge is 2.28. The number of anilines is 3. The number of aromatic nitrogens is 2. The molecule has 5 heterocycles. The second-order valence-corrected chi connectivity index (χ2v) is 17.7. The van der Waals surface area contributed by atoms with E-state index in [2.05, 4.69) is 30.3 Å². The monoisotopic (exact) mass is 832 g/mol. The molecule has 2 aromatic heterocycles. The van der Waals surface area contributed by atoms with E-state index in [1.54, 1.807) is 6.07 Å². The maximum atomic E-state index is 13.2. The van der Waals surface area contributed by atoms with E-state index in [0.717, 1.165) is 127 Å². The van der Waals surface area contributed by atoms with Gasteiger partial charge in [0.2, 0.25) is 5.88 Å². The van der Waals surface area contributed by atoms with Gasteiger partial charge in [-0.05, 0) is 113 Å². The van der Waals surface area contributed by atoms with Gasteiger partial charge in [-0.1, -0.05) is 45.4 Å². The topological polar surface area (TPSA) is 178 Å². The number of ether oxygens (including phenoxy) is 1. The molecule has 60 heavy (non-hydrogen) atoms. The van der Waals surface area contributed by atoms with Gasteiger partial charge < -0.3 is 40.3 Å². The summed E-state index contributed by atoms with van der Waals surface area (Å²) >= 11 is 0. The van der Waals surface area contributed by atoms with E-state index in [0.29, 0.717) is 36.7 Å². The summed E-state index contributed by atoms with van der Waals surface area (Å²) in [6, 6.07) is 8.05. The average molecular weight is 832 g/mol. The fourth-order valence-corrected chi connectivity index (χ4v) is 9.62. The molecule has 0 aromatic carbocycles. The molecule has 2 aromatic rings. The van der Waals surface area contributed by atoms with E-state index in [1.165, 1.54) is 32.1 Å². The zero-order valence-electron chi connectivity index (χ0n) is 35.9. The van der Waals surface area contributed by atoms with Gasteiger partial charge in [0.1, 0.15) is 23.0 Å². The Balaban J connectivity index is 0.000000202. The van der Waals surface area contributed by atoms with Crippen LogP contribution in [0.5, 0.6) is 5.88 Å². The van der Waals surface area contributed by atoms with Crippen LogP contribution >= 0.6 is 0 Å². The molecule has 0 unspecified atom stereocenters. The van der Waals surface area contributed by atoms with Gasteiger partial charge in [-0.3, -0.25) is 19.2 Å². The molecular formula is C46H69N7O7. The van der Waals surface area contributed by atoms with Gasteiger partial charge in [0.25, 0.3) is 11.8 Å². The van der Waals surface area contributed by atoms with Crippen LogP contribution in [0.2, 0.25) is 0 Å². The number of amides is 2. The zero-order chi connectivity index (χ0) is 42.3. The molecule has 3 saturated heterocycles. The van der Waals surface area contributed by atoms with Crippen molar-refractivity contribution in [1.82, 2.24) is 20.6 Å². The molecule has 0 radical (unpaired) electrons.